The number of morpholine rings is 1. The van der Waals surface area contributed by atoms with Gasteiger partial charge in [-0.2, -0.15) is 0 Å². The van der Waals surface area contributed by atoms with E-state index in [0.29, 0.717) is 6.10 Å². The molecule has 0 spiro atoms. The van der Waals surface area contributed by atoms with Crippen LogP contribution in [0, 0.1) is 0 Å². The van der Waals surface area contributed by atoms with E-state index in [1.54, 1.807) is 0 Å². The Kier molecular flexibility index (Phi) is 4.44. The van der Waals surface area contributed by atoms with Crippen LogP contribution in [-0.4, -0.2) is 41.8 Å². The molecule has 1 aromatic heterocycles. The zero-order valence-corrected chi connectivity index (χ0v) is 12.6. The topological polar surface area (TPSA) is 43.4 Å². The molecule has 1 aliphatic heterocycles. The Labute approximate surface area is 121 Å². The lowest BCUT2D eigenvalue weighted by atomic mass is 10.1. The predicted octanol–water partition coefficient (Wildman–Crippen LogP) is 1.93. The molecule has 2 atom stereocenters. The standard InChI is InChI=1S/C16H27N3O/c1-2-18-7-8-20-14(10-18)11-19-9-13-5-3-4-6-16(17)15(13)12-19/h9,12,14,16H,2-8,10-11,17H2,1H3. The van der Waals surface area contributed by atoms with Crippen LogP contribution >= 0.6 is 0 Å². The van der Waals surface area contributed by atoms with Gasteiger partial charge >= 0.3 is 0 Å². The highest BCUT2D eigenvalue weighted by Gasteiger charge is 2.22. The third kappa shape index (κ3) is 3.08. The van der Waals surface area contributed by atoms with Crippen molar-refractivity contribution < 1.29 is 4.74 Å². The minimum Gasteiger partial charge on any atom is -0.374 e. The fourth-order valence-corrected chi connectivity index (χ4v) is 3.47. The molecule has 1 saturated heterocycles. The van der Waals surface area contributed by atoms with Gasteiger partial charge in [-0.25, -0.2) is 0 Å². The Morgan fingerprint density at radius 1 is 1.35 bits per heavy atom. The van der Waals surface area contributed by atoms with E-state index in [9.17, 15) is 0 Å². The number of hydrogen-bond acceptors (Lipinski definition) is 3. The highest BCUT2D eigenvalue weighted by molar-refractivity contribution is 5.28. The lowest BCUT2D eigenvalue weighted by Crippen LogP contribution is -2.43. The van der Waals surface area contributed by atoms with E-state index in [4.69, 9.17) is 10.5 Å². The van der Waals surface area contributed by atoms with Gasteiger partial charge in [-0.05, 0) is 36.9 Å². The molecular formula is C16H27N3O. The second-order valence-corrected chi connectivity index (χ2v) is 6.17. The van der Waals surface area contributed by atoms with E-state index < -0.39 is 0 Å². The number of aryl methyl sites for hydroxylation is 1. The second kappa shape index (κ2) is 6.29. The van der Waals surface area contributed by atoms with Crippen LogP contribution in [0.2, 0.25) is 0 Å². The maximum Gasteiger partial charge on any atom is 0.0880 e. The van der Waals surface area contributed by atoms with Gasteiger partial charge in [0.25, 0.3) is 0 Å². The molecule has 0 aromatic carbocycles. The summed E-state index contributed by atoms with van der Waals surface area (Å²) in [6, 6.07) is 0.230. The lowest BCUT2D eigenvalue weighted by Gasteiger charge is -2.32. The second-order valence-electron chi connectivity index (χ2n) is 6.17. The number of aromatic nitrogens is 1. The zero-order chi connectivity index (χ0) is 13.9. The average Bonchev–Trinajstić information content (AvgIpc) is 2.78. The van der Waals surface area contributed by atoms with Crippen molar-refractivity contribution in [3.8, 4) is 0 Å². The van der Waals surface area contributed by atoms with Crippen molar-refractivity contribution in [2.45, 2.75) is 51.3 Å². The van der Waals surface area contributed by atoms with Gasteiger partial charge in [0.15, 0.2) is 0 Å². The summed E-state index contributed by atoms with van der Waals surface area (Å²) in [4.78, 5) is 2.47. The maximum absolute atomic E-state index is 6.28. The normalized spacial score (nSPS) is 28.1. The van der Waals surface area contributed by atoms with Crippen LogP contribution in [0.3, 0.4) is 0 Å². The summed E-state index contributed by atoms with van der Waals surface area (Å²) in [6.45, 7) is 7.27. The largest absolute Gasteiger partial charge is 0.374 e. The summed E-state index contributed by atoms with van der Waals surface area (Å²) in [5, 5.41) is 0. The number of nitrogens with zero attached hydrogens (tertiary/aromatic N) is 2. The zero-order valence-electron chi connectivity index (χ0n) is 12.6. The van der Waals surface area contributed by atoms with Gasteiger partial charge in [-0.1, -0.05) is 13.3 Å². The van der Waals surface area contributed by atoms with Gasteiger partial charge in [0.1, 0.15) is 0 Å². The maximum atomic E-state index is 6.28. The number of fused-ring (bicyclic) bond motifs is 1. The van der Waals surface area contributed by atoms with Gasteiger partial charge < -0.3 is 15.0 Å². The first-order chi connectivity index (χ1) is 9.76. The summed E-state index contributed by atoms with van der Waals surface area (Å²) in [5.74, 6) is 0. The quantitative estimate of drug-likeness (QED) is 0.859. The average molecular weight is 277 g/mol. The van der Waals surface area contributed by atoms with Crippen molar-refractivity contribution in [1.82, 2.24) is 9.47 Å². The summed E-state index contributed by atoms with van der Waals surface area (Å²) in [7, 11) is 0. The molecule has 2 unspecified atom stereocenters. The molecule has 0 amide bonds. The van der Waals surface area contributed by atoms with Crippen LogP contribution in [0.15, 0.2) is 12.4 Å². The minimum absolute atomic E-state index is 0.230. The van der Waals surface area contributed by atoms with Crippen LogP contribution in [-0.2, 0) is 17.7 Å². The molecular weight excluding hydrogens is 250 g/mol. The van der Waals surface area contributed by atoms with E-state index in [1.807, 2.05) is 0 Å². The van der Waals surface area contributed by atoms with E-state index in [-0.39, 0.29) is 6.04 Å². The van der Waals surface area contributed by atoms with Crippen molar-refractivity contribution in [2.24, 2.45) is 5.73 Å². The van der Waals surface area contributed by atoms with E-state index >= 15 is 0 Å². The van der Waals surface area contributed by atoms with Crippen molar-refractivity contribution in [3.63, 3.8) is 0 Å². The highest BCUT2D eigenvalue weighted by atomic mass is 16.5. The molecule has 4 heteroatoms. The highest BCUT2D eigenvalue weighted by Crippen LogP contribution is 2.28. The number of hydrogen-bond donors (Lipinski definition) is 1. The first kappa shape index (κ1) is 14.1. The van der Waals surface area contributed by atoms with Gasteiger partial charge in [0.2, 0.25) is 0 Å². The summed E-state index contributed by atoms with van der Waals surface area (Å²) in [6.07, 6.45) is 9.72. The molecule has 2 aliphatic rings. The van der Waals surface area contributed by atoms with E-state index in [1.165, 1.54) is 30.4 Å². The van der Waals surface area contributed by atoms with Crippen LogP contribution in [0.25, 0.3) is 0 Å². The molecule has 0 saturated carbocycles. The Morgan fingerprint density at radius 2 is 2.25 bits per heavy atom. The van der Waals surface area contributed by atoms with Crippen molar-refractivity contribution >= 4 is 0 Å². The Morgan fingerprint density at radius 3 is 3.10 bits per heavy atom. The Balaban J connectivity index is 1.67. The smallest absolute Gasteiger partial charge is 0.0880 e. The summed E-state index contributed by atoms with van der Waals surface area (Å²) in [5.41, 5.74) is 9.11. The molecule has 1 fully saturated rings. The third-order valence-corrected chi connectivity index (χ3v) is 4.69. The number of likely N-dealkylation sites (N-methyl/N-ethyl adjacent to an activating group) is 1. The Hall–Kier alpha value is -0.840. The van der Waals surface area contributed by atoms with Crippen molar-refractivity contribution in [3.05, 3.63) is 23.5 Å². The van der Waals surface area contributed by atoms with Crippen LogP contribution in [0.1, 0.15) is 43.4 Å². The van der Waals surface area contributed by atoms with Crippen LogP contribution in [0.5, 0.6) is 0 Å². The fourth-order valence-electron chi connectivity index (χ4n) is 3.47. The van der Waals surface area contributed by atoms with Crippen molar-refractivity contribution in [2.75, 3.05) is 26.2 Å². The fraction of sp³-hybridized carbons (Fsp3) is 0.750. The molecule has 3 rings (SSSR count). The minimum atomic E-state index is 0.230. The van der Waals surface area contributed by atoms with Crippen molar-refractivity contribution in [1.29, 1.82) is 0 Å². The first-order valence-corrected chi connectivity index (χ1v) is 8.04. The van der Waals surface area contributed by atoms with Gasteiger partial charge in [0, 0.05) is 38.1 Å². The van der Waals surface area contributed by atoms with E-state index in [0.717, 1.165) is 39.2 Å². The predicted molar refractivity (Wildman–Crippen MR) is 80.8 cm³/mol. The van der Waals surface area contributed by atoms with Gasteiger partial charge in [-0.15, -0.1) is 0 Å². The Bertz CT molecular complexity index is 443. The van der Waals surface area contributed by atoms with Gasteiger partial charge in [0.05, 0.1) is 12.7 Å². The monoisotopic (exact) mass is 277 g/mol. The molecule has 20 heavy (non-hydrogen) atoms. The molecule has 2 N–H and O–H groups in total. The van der Waals surface area contributed by atoms with Gasteiger partial charge in [-0.3, -0.25) is 4.90 Å². The molecule has 4 nitrogen and oxygen atoms in total. The van der Waals surface area contributed by atoms with Crippen LogP contribution < -0.4 is 5.73 Å². The third-order valence-electron chi connectivity index (χ3n) is 4.69. The summed E-state index contributed by atoms with van der Waals surface area (Å²) < 4.78 is 8.21. The molecule has 112 valence electrons. The molecule has 0 bridgehead atoms. The summed E-state index contributed by atoms with van der Waals surface area (Å²) >= 11 is 0. The number of ether oxygens (including phenoxy) is 1. The molecule has 1 aromatic rings. The van der Waals surface area contributed by atoms with Crippen LogP contribution in [0.4, 0.5) is 0 Å². The SMILES string of the molecule is CCN1CCOC(Cn2cc3c(c2)C(N)CCCC3)C1. The number of rotatable bonds is 3. The first-order valence-electron chi connectivity index (χ1n) is 8.04. The molecule has 1 aliphatic carbocycles. The lowest BCUT2D eigenvalue weighted by molar-refractivity contribution is -0.0342. The molecule has 2 heterocycles. The van der Waals surface area contributed by atoms with E-state index in [2.05, 4.69) is 28.8 Å². The number of nitrogens with two attached hydrogens (primary N) is 1. The molecule has 0 radical (unpaired) electrons.